The molecule has 0 aliphatic carbocycles. The quantitative estimate of drug-likeness (QED) is 0.870. The van der Waals surface area contributed by atoms with Gasteiger partial charge in [0.1, 0.15) is 5.82 Å². The van der Waals surface area contributed by atoms with E-state index in [9.17, 15) is 22.4 Å². The highest BCUT2D eigenvalue weighted by molar-refractivity contribution is 5.71. The zero-order chi connectivity index (χ0) is 14.9. The maximum Gasteiger partial charge on any atom is 0.393 e. The monoisotopic (exact) mass is 291 g/mol. The van der Waals surface area contributed by atoms with E-state index >= 15 is 0 Å². The number of benzene rings is 1. The molecule has 7 heteroatoms. The molecule has 0 bridgehead atoms. The van der Waals surface area contributed by atoms with Gasteiger partial charge in [0.25, 0.3) is 0 Å². The van der Waals surface area contributed by atoms with Crippen molar-refractivity contribution in [3.05, 3.63) is 35.6 Å². The lowest BCUT2D eigenvalue weighted by molar-refractivity contribution is -0.188. The Labute approximate surface area is 112 Å². The number of carboxylic acid groups (broad SMARTS) is 1. The second-order valence-electron chi connectivity index (χ2n) is 4.92. The fourth-order valence-corrected chi connectivity index (χ4v) is 2.49. The molecular weight excluding hydrogens is 278 g/mol. The van der Waals surface area contributed by atoms with Crippen molar-refractivity contribution in [2.75, 3.05) is 13.1 Å². The maximum atomic E-state index is 13.0. The van der Waals surface area contributed by atoms with Crippen LogP contribution in [0, 0.1) is 17.7 Å². The summed E-state index contributed by atoms with van der Waals surface area (Å²) in [6.45, 7) is -0.457. The summed E-state index contributed by atoms with van der Waals surface area (Å²) in [7, 11) is 0. The molecule has 1 aromatic carbocycles. The van der Waals surface area contributed by atoms with Gasteiger partial charge in [-0.2, -0.15) is 13.2 Å². The number of halogens is 4. The average molecular weight is 291 g/mol. The fraction of sp³-hybridized carbons (Fsp3) is 0.462. The van der Waals surface area contributed by atoms with Crippen LogP contribution >= 0.6 is 0 Å². The van der Waals surface area contributed by atoms with Gasteiger partial charge >= 0.3 is 12.1 Å². The molecule has 0 amide bonds. The van der Waals surface area contributed by atoms with Gasteiger partial charge in [0, 0.05) is 19.6 Å². The van der Waals surface area contributed by atoms with Crippen LogP contribution in [0.15, 0.2) is 24.3 Å². The van der Waals surface area contributed by atoms with E-state index in [0.29, 0.717) is 5.56 Å². The number of carboxylic acids is 1. The van der Waals surface area contributed by atoms with Crippen molar-refractivity contribution in [1.29, 1.82) is 0 Å². The third-order valence-electron chi connectivity index (χ3n) is 3.43. The predicted molar refractivity (Wildman–Crippen MR) is 62.3 cm³/mol. The normalized spacial score (nSPS) is 24.0. The Kier molecular flexibility index (Phi) is 3.99. The molecule has 0 radical (unpaired) electrons. The second kappa shape index (κ2) is 5.40. The molecule has 0 aromatic heterocycles. The van der Waals surface area contributed by atoms with E-state index in [4.69, 9.17) is 5.11 Å². The van der Waals surface area contributed by atoms with Crippen molar-refractivity contribution in [2.45, 2.75) is 12.7 Å². The summed E-state index contributed by atoms with van der Waals surface area (Å²) in [5, 5.41) is 8.89. The minimum Gasteiger partial charge on any atom is -0.481 e. The largest absolute Gasteiger partial charge is 0.481 e. The van der Waals surface area contributed by atoms with Gasteiger partial charge in [-0.25, -0.2) is 4.39 Å². The number of nitrogens with zero attached hydrogens (tertiary/aromatic N) is 1. The van der Waals surface area contributed by atoms with Crippen LogP contribution in [0.2, 0.25) is 0 Å². The van der Waals surface area contributed by atoms with E-state index in [1.165, 1.54) is 23.1 Å². The SMILES string of the molecule is O=C(O)[C@@H]1CN(Cc2cccc(F)c2)C[C@H]1C(F)(F)F. The summed E-state index contributed by atoms with van der Waals surface area (Å²) in [6.07, 6.45) is -4.54. The van der Waals surface area contributed by atoms with Gasteiger partial charge in [0.05, 0.1) is 11.8 Å². The zero-order valence-corrected chi connectivity index (χ0v) is 10.4. The van der Waals surface area contributed by atoms with Crippen LogP contribution in [0.4, 0.5) is 17.6 Å². The van der Waals surface area contributed by atoms with Crippen LogP contribution in [0.25, 0.3) is 0 Å². The molecule has 110 valence electrons. The molecule has 2 rings (SSSR count). The molecule has 1 N–H and O–H groups in total. The van der Waals surface area contributed by atoms with Crippen LogP contribution in [0.3, 0.4) is 0 Å². The Morgan fingerprint density at radius 1 is 1.35 bits per heavy atom. The number of aliphatic carboxylic acids is 1. The topological polar surface area (TPSA) is 40.5 Å². The molecule has 1 aliphatic rings. The van der Waals surface area contributed by atoms with Gasteiger partial charge in [-0.3, -0.25) is 9.69 Å². The van der Waals surface area contributed by atoms with Crippen molar-refractivity contribution < 1.29 is 27.5 Å². The van der Waals surface area contributed by atoms with Gasteiger partial charge in [-0.15, -0.1) is 0 Å². The third-order valence-corrected chi connectivity index (χ3v) is 3.43. The van der Waals surface area contributed by atoms with Crippen LogP contribution < -0.4 is 0 Å². The van der Waals surface area contributed by atoms with E-state index in [2.05, 4.69) is 0 Å². The molecule has 3 nitrogen and oxygen atoms in total. The average Bonchev–Trinajstić information content (AvgIpc) is 2.73. The summed E-state index contributed by atoms with van der Waals surface area (Å²) in [6, 6.07) is 5.54. The smallest absolute Gasteiger partial charge is 0.393 e. The van der Waals surface area contributed by atoms with Crippen molar-refractivity contribution in [1.82, 2.24) is 4.90 Å². The Morgan fingerprint density at radius 3 is 2.55 bits per heavy atom. The Hall–Kier alpha value is -1.63. The van der Waals surface area contributed by atoms with Crippen LogP contribution in [0.5, 0.6) is 0 Å². The fourth-order valence-electron chi connectivity index (χ4n) is 2.49. The van der Waals surface area contributed by atoms with Gasteiger partial charge in [0.2, 0.25) is 0 Å². The lowest BCUT2D eigenvalue weighted by Crippen LogP contribution is -2.33. The van der Waals surface area contributed by atoms with Crippen molar-refractivity contribution in [2.24, 2.45) is 11.8 Å². The minimum absolute atomic E-state index is 0.105. The highest BCUT2D eigenvalue weighted by Gasteiger charge is 2.52. The van der Waals surface area contributed by atoms with Crippen LogP contribution in [0.1, 0.15) is 5.56 Å². The first-order valence-electron chi connectivity index (χ1n) is 6.03. The molecule has 1 heterocycles. The van der Waals surface area contributed by atoms with E-state index in [1.807, 2.05) is 0 Å². The second-order valence-corrected chi connectivity index (χ2v) is 4.92. The molecular formula is C13H13F4NO2. The zero-order valence-electron chi connectivity index (χ0n) is 10.4. The standard InChI is InChI=1S/C13H13F4NO2/c14-9-3-1-2-8(4-9)5-18-6-10(12(19)20)11(7-18)13(15,16)17/h1-4,10-11H,5-7H2,(H,19,20)/t10-,11-/m1/s1. The molecule has 1 fully saturated rings. The maximum absolute atomic E-state index is 13.0. The number of hydrogen-bond donors (Lipinski definition) is 1. The van der Waals surface area contributed by atoms with E-state index in [0.717, 1.165) is 0 Å². The molecule has 1 aromatic rings. The number of alkyl halides is 3. The summed E-state index contributed by atoms with van der Waals surface area (Å²) in [5.41, 5.74) is 0.525. The number of hydrogen-bond acceptors (Lipinski definition) is 2. The Bertz CT molecular complexity index is 503. The van der Waals surface area contributed by atoms with Gasteiger partial charge in [-0.1, -0.05) is 12.1 Å². The van der Waals surface area contributed by atoms with Crippen molar-refractivity contribution >= 4 is 5.97 Å². The molecule has 0 spiro atoms. The van der Waals surface area contributed by atoms with Crippen molar-refractivity contribution in [3.8, 4) is 0 Å². The molecule has 0 unspecified atom stereocenters. The van der Waals surface area contributed by atoms with Gasteiger partial charge in [0.15, 0.2) is 0 Å². The number of carbonyl (C=O) groups is 1. The molecule has 20 heavy (non-hydrogen) atoms. The first kappa shape index (κ1) is 14.8. The van der Waals surface area contributed by atoms with Crippen molar-refractivity contribution in [3.63, 3.8) is 0 Å². The Morgan fingerprint density at radius 2 is 2.05 bits per heavy atom. The summed E-state index contributed by atoms with van der Waals surface area (Å²) in [5.74, 6) is -5.27. The highest BCUT2D eigenvalue weighted by Crippen LogP contribution is 2.38. The lowest BCUT2D eigenvalue weighted by atomic mass is 9.96. The van der Waals surface area contributed by atoms with Gasteiger partial charge < -0.3 is 5.11 Å². The molecule has 0 saturated carbocycles. The molecule has 2 atom stereocenters. The van der Waals surface area contributed by atoms with E-state index in [-0.39, 0.29) is 19.6 Å². The van der Waals surface area contributed by atoms with Crippen LogP contribution in [-0.2, 0) is 11.3 Å². The predicted octanol–water partition coefficient (Wildman–Crippen LogP) is 2.52. The molecule has 1 aliphatic heterocycles. The van der Waals surface area contributed by atoms with Crippen LogP contribution in [-0.4, -0.2) is 35.2 Å². The molecule has 1 saturated heterocycles. The first-order valence-corrected chi connectivity index (χ1v) is 6.03. The summed E-state index contributed by atoms with van der Waals surface area (Å²) >= 11 is 0. The van der Waals surface area contributed by atoms with E-state index < -0.39 is 29.8 Å². The van der Waals surface area contributed by atoms with E-state index in [1.54, 1.807) is 6.07 Å². The lowest BCUT2D eigenvalue weighted by Gasteiger charge is -2.18. The highest BCUT2D eigenvalue weighted by atomic mass is 19.4. The number of rotatable bonds is 3. The summed E-state index contributed by atoms with van der Waals surface area (Å²) in [4.78, 5) is 12.3. The Balaban J connectivity index is 2.10. The minimum atomic E-state index is -4.54. The number of likely N-dealkylation sites (tertiary alicyclic amines) is 1. The third kappa shape index (κ3) is 3.27. The first-order chi connectivity index (χ1) is 9.27. The van der Waals surface area contributed by atoms with Gasteiger partial charge in [-0.05, 0) is 17.7 Å². The summed E-state index contributed by atoms with van der Waals surface area (Å²) < 4.78 is 51.4.